The lowest BCUT2D eigenvalue weighted by Crippen LogP contribution is -2.28. The Morgan fingerprint density at radius 2 is 1.77 bits per heavy atom. The summed E-state index contributed by atoms with van der Waals surface area (Å²) in [5, 5.41) is 3.54. The molecule has 5 nitrogen and oxygen atoms in total. The van der Waals surface area contributed by atoms with Crippen molar-refractivity contribution in [1.82, 2.24) is 10.0 Å². The summed E-state index contributed by atoms with van der Waals surface area (Å²) >= 11 is 11.9. The van der Waals surface area contributed by atoms with Crippen molar-refractivity contribution < 1.29 is 13.2 Å². The van der Waals surface area contributed by atoms with Gasteiger partial charge in [0.05, 0.1) is 11.1 Å². The number of carbonyl (C=O) groups excluding carboxylic acids is 1. The van der Waals surface area contributed by atoms with Gasteiger partial charge >= 0.3 is 0 Å². The minimum absolute atomic E-state index is 0.0431. The predicted molar refractivity (Wildman–Crippen MR) is 102 cm³/mol. The Labute approximate surface area is 162 Å². The summed E-state index contributed by atoms with van der Waals surface area (Å²) in [6.07, 6.45) is 1.63. The van der Waals surface area contributed by atoms with Gasteiger partial charge in [-0.1, -0.05) is 35.3 Å². The topological polar surface area (TPSA) is 75.3 Å². The third-order valence-electron chi connectivity index (χ3n) is 4.10. The van der Waals surface area contributed by atoms with Gasteiger partial charge in [-0.05, 0) is 55.7 Å². The summed E-state index contributed by atoms with van der Waals surface area (Å²) in [7, 11) is -3.75. The van der Waals surface area contributed by atoms with E-state index in [2.05, 4.69) is 10.0 Å². The Hall–Kier alpha value is -1.60. The van der Waals surface area contributed by atoms with Crippen molar-refractivity contribution in [3.05, 3.63) is 63.6 Å². The summed E-state index contributed by atoms with van der Waals surface area (Å²) in [6, 6.07) is 11.1. The number of hydrogen-bond acceptors (Lipinski definition) is 3. The second-order valence-electron chi connectivity index (χ2n) is 6.29. The van der Waals surface area contributed by atoms with Gasteiger partial charge in [0.25, 0.3) is 5.91 Å². The lowest BCUT2D eigenvalue weighted by Gasteiger charge is -2.15. The quantitative estimate of drug-likeness (QED) is 0.754. The summed E-state index contributed by atoms with van der Waals surface area (Å²) in [5.41, 5.74) is 1.12. The zero-order valence-electron chi connectivity index (χ0n) is 14.0. The molecule has 0 aliphatic heterocycles. The highest BCUT2D eigenvalue weighted by Gasteiger charge is 2.29. The van der Waals surface area contributed by atoms with Crippen molar-refractivity contribution in [3.63, 3.8) is 0 Å². The van der Waals surface area contributed by atoms with Gasteiger partial charge in [-0.2, -0.15) is 0 Å². The average Bonchev–Trinajstić information content (AvgIpc) is 3.38. The van der Waals surface area contributed by atoms with Crippen LogP contribution in [0.3, 0.4) is 0 Å². The molecule has 138 valence electrons. The number of hydrogen-bond donors (Lipinski definition) is 2. The summed E-state index contributed by atoms with van der Waals surface area (Å²) < 4.78 is 27.4. The van der Waals surface area contributed by atoms with Gasteiger partial charge in [-0.15, -0.1) is 0 Å². The highest BCUT2D eigenvalue weighted by Crippen LogP contribution is 2.27. The zero-order chi connectivity index (χ0) is 18.9. The van der Waals surface area contributed by atoms with E-state index >= 15 is 0 Å². The van der Waals surface area contributed by atoms with Crippen molar-refractivity contribution >= 4 is 39.1 Å². The maximum absolute atomic E-state index is 12.5. The molecule has 2 aromatic carbocycles. The molecule has 0 spiro atoms. The maximum Gasteiger partial charge on any atom is 0.251 e. The zero-order valence-corrected chi connectivity index (χ0v) is 16.3. The van der Waals surface area contributed by atoms with E-state index in [1.165, 1.54) is 18.2 Å². The number of benzene rings is 2. The molecule has 0 saturated heterocycles. The number of nitrogens with one attached hydrogen (secondary N) is 2. The monoisotopic (exact) mass is 412 g/mol. The van der Waals surface area contributed by atoms with E-state index in [9.17, 15) is 13.2 Å². The second kappa shape index (κ2) is 7.56. The first kappa shape index (κ1) is 19.2. The highest BCUT2D eigenvalue weighted by atomic mass is 35.5. The smallest absolute Gasteiger partial charge is 0.251 e. The molecule has 26 heavy (non-hydrogen) atoms. The number of amides is 1. The Balaban J connectivity index is 1.79. The van der Waals surface area contributed by atoms with Crippen molar-refractivity contribution in [3.8, 4) is 0 Å². The van der Waals surface area contributed by atoms with Crippen molar-refractivity contribution in [2.24, 2.45) is 0 Å². The molecule has 0 heterocycles. The molecular formula is C18H18Cl2N2O3S. The molecule has 1 saturated carbocycles. The van der Waals surface area contributed by atoms with Crippen molar-refractivity contribution in [2.45, 2.75) is 36.7 Å². The molecule has 2 N–H and O–H groups in total. The van der Waals surface area contributed by atoms with Gasteiger partial charge in [0.15, 0.2) is 0 Å². The van der Waals surface area contributed by atoms with Crippen LogP contribution >= 0.6 is 23.2 Å². The van der Waals surface area contributed by atoms with Crippen LogP contribution in [-0.2, 0) is 10.0 Å². The molecule has 0 bridgehead atoms. The minimum Gasteiger partial charge on any atom is -0.346 e. The average molecular weight is 413 g/mol. The van der Waals surface area contributed by atoms with E-state index < -0.39 is 10.0 Å². The standard InChI is InChI=1S/C18H18Cl2N2O3S/c1-11(12-2-5-14(19)6-3-12)21-18(23)13-4-9-16(20)17(10-13)26(24,25)22-15-7-8-15/h2-6,9-11,15,22H,7-8H2,1H3,(H,21,23)/t11-/m1/s1. The number of sulfonamides is 1. The lowest BCUT2D eigenvalue weighted by molar-refractivity contribution is 0.0939. The number of rotatable bonds is 6. The van der Waals surface area contributed by atoms with Crippen LogP contribution in [0.4, 0.5) is 0 Å². The Morgan fingerprint density at radius 3 is 2.38 bits per heavy atom. The fourth-order valence-corrected chi connectivity index (χ4v) is 4.41. The molecule has 0 radical (unpaired) electrons. The van der Waals surface area contributed by atoms with Crippen LogP contribution in [0.2, 0.25) is 10.0 Å². The van der Waals surface area contributed by atoms with Crippen LogP contribution in [0.15, 0.2) is 47.4 Å². The van der Waals surface area contributed by atoms with Crippen molar-refractivity contribution in [1.29, 1.82) is 0 Å². The molecular weight excluding hydrogens is 395 g/mol. The van der Waals surface area contributed by atoms with Crippen LogP contribution in [0.25, 0.3) is 0 Å². The molecule has 2 aromatic rings. The third-order valence-corrected chi connectivity index (χ3v) is 6.35. The number of halogens is 2. The van der Waals surface area contributed by atoms with Gasteiger partial charge < -0.3 is 5.32 Å². The largest absolute Gasteiger partial charge is 0.346 e. The van der Waals surface area contributed by atoms with E-state index in [4.69, 9.17) is 23.2 Å². The molecule has 3 rings (SSSR count). The van der Waals surface area contributed by atoms with E-state index in [0.717, 1.165) is 18.4 Å². The van der Waals surface area contributed by atoms with Crippen molar-refractivity contribution in [2.75, 3.05) is 0 Å². The fourth-order valence-electron chi connectivity index (χ4n) is 2.45. The van der Waals surface area contributed by atoms with Crippen LogP contribution in [0, 0.1) is 0 Å². The van der Waals surface area contributed by atoms with Crippen LogP contribution < -0.4 is 10.0 Å². The molecule has 0 unspecified atom stereocenters. The maximum atomic E-state index is 12.5. The molecule has 1 amide bonds. The van der Waals surface area contributed by atoms with Crippen LogP contribution in [0.5, 0.6) is 0 Å². The Morgan fingerprint density at radius 1 is 1.12 bits per heavy atom. The van der Waals surface area contributed by atoms with E-state index in [0.29, 0.717) is 5.02 Å². The molecule has 1 atom stereocenters. The molecule has 1 fully saturated rings. The van der Waals surface area contributed by atoms with E-state index in [-0.39, 0.29) is 33.5 Å². The summed E-state index contributed by atoms with van der Waals surface area (Å²) in [6.45, 7) is 1.84. The molecule has 8 heteroatoms. The van der Waals surface area contributed by atoms with Gasteiger partial charge in [0.2, 0.25) is 10.0 Å². The minimum atomic E-state index is -3.75. The van der Waals surface area contributed by atoms with Gasteiger partial charge in [-0.3, -0.25) is 4.79 Å². The first-order valence-electron chi connectivity index (χ1n) is 8.14. The van der Waals surface area contributed by atoms with Crippen LogP contribution in [0.1, 0.15) is 41.7 Å². The number of carbonyl (C=O) groups is 1. The Bertz CT molecular complexity index is 926. The van der Waals surface area contributed by atoms with E-state index in [1.54, 1.807) is 12.1 Å². The van der Waals surface area contributed by atoms with Gasteiger partial charge in [0.1, 0.15) is 4.90 Å². The molecule has 1 aliphatic carbocycles. The molecule has 1 aliphatic rings. The fraction of sp³-hybridized carbons (Fsp3) is 0.278. The predicted octanol–water partition coefficient (Wildman–Crippen LogP) is 3.93. The normalized spacial score (nSPS) is 15.5. The van der Waals surface area contributed by atoms with E-state index in [1.807, 2.05) is 19.1 Å². The highest BCUT2D eigenvalue weighted by molar-refractivity contribution is 7.89. The SMILES string of the molecule is C[C@@H](NC(=O)c1ccc(Cl)c(S(=O)(=O)NC2CC2)c1)c1ccc(Cl)cc1. The second-order valence-corrected chi connectivity index (χ2v) is 8.81. The van der Waals surface area contributed by atoms with Gasteiger partial charge in [-0.25, -0.2) is 13.1 Å². The first-order chi connectivity index (χ1) is 12.3. The lowest BCUT2D eigenvalue weighted by atomic mass is 10.1. The summed E-state index contributed by atoms with van der Waals surface area (Å²) in [5.74, 6) is -0.382. The third kappa shape index (κ3) is 4.57. The Kier molecular flexibility index (Phi) is 5.58. The van der Waals surface area contributed by atoms with Gasteiger partial charge in [0, 0.05) is 16.6 Å². The molecule has 0 aromatic heterocycles. The van der Waals surface area contributed by atoms with Crippen LogP contribution in [-0.4, -0.2) is 20.4 Å². The first-order valence-corrected chi connectivity index (χ1v) is 10.4. The summed E-state index contributed by atoms with van der Waals surface area (Å²) in [4.78, 5) is 12.4.